The SMILES string of the molecule is Fc1cccc(Cn2cc(CNNc3nc(N4CCOCC4)c4sccc4n3)c3ccccc32)c1. The number of fused-ring (bicyclic) bond motifs is 2. The summed E-state index contributed by atoms with van der Waals surface area (Å²) in [6, 6.07) is 17.0. The lowest BCUT2D eigenvalue weighted by Crippen LogP contribution is -2.37. The number of halogens is 1. The smallest absolute Gasteiger partial charge is 0.239 e. The summed E-state index contributed by atoms with van der Waals surface area (Å²) in [5, 5.41) is 3.20. The second kappa shape index (κ2) is 9.61. The van der Waals surface area contributed by atoms with Crippen molar-refractivity contribution < 1.29 is 9.13 Å². The molecule has 0 aliphatic carbocycles. The molecule has 2 N–H and O–H groups in total. The van der Waals surface area contributed by atoms with Crippen LogP contribution in [0.1, 0.15) is 11.1 Å². The number of para-hydroxylation sites is 1. The van der Waals surface area contributed by atoms with Crippen molar-refractivity contribution in [1.29, 1.82) is 0 Å². The van der Waals surface area contributed by atoms with Crippen molar-refractivity contribution in [3.05, 3.63) is 83.1 Å². The van der Waals surface area contributed by atoms with Gasteiger partial charge in [-0.25, -0.2) is 14.8 Å². The molecule has 1 fully saturated rings. The topological polar surface area (TPSA) is 67.2 Å². The van der Waals surface area contributed by atoms with Gasteiger partial charge in [0.05, 0.1) is 23.4 Å². The number of benzene rings is 2. The molecule has 9 heteroatoms. The number of morpholine rings is 1. The molecule has 7 nitrogen and oxygen atoms in total. The number of hydrogen-bond acceptors (Lipinski definition) is 7. The first-order valence-corrected chi connectivity index (χ1v) is 12.5. The van der Waals surface area contributed by atoms with E-state index in [1.54, 1.807) is 23.5 Å². The molecule has 0 amide bonds. The van der Waals surface area contributed by atoms with Crippen LogP contribution in [0.15, 0.2) is 66.2 Å². The fraction of sp³-hybridized carbons (Fsp3) is 0.231. The van der Waals surface area contributed by atoms with Gasteiger partial charge in [-0.1, -0.05) is 30.3 Å². The van der Waals surface area contributed by atoms with E-state index in [9.17, 15) is 4.39 Å². The van der Waals surface area contributed by atoms with Crippen molar-refractivity contribution >= 4 is 44.2 Å². The summed E-state index contributed by atoms with van der Waals surface area (Å²) in [4.78, 5) is 11.8. The van der Waals surface area contributed by atoms with Crippen LogP contribution in [0.2, 0.25) is 0 Å². The lowest BCUT2D eigenvalue weighted by molar-refractivity contribution is 0.122. The van der Waals surface area contributed by atoms with Crippen LogP contribution in [0.3, 0.4) is 0 Å². The third-order valence-electron chi connectivity index (χ3n) is 6.19. The maximum absolute atomic E-state index is 13.7. The van der Waals surface area contributed by atoms with E-state index in [-0.39, 0.29) is 5.82 Å². The number of ether oxygens (including phenoxy) is 1. The third kappa shape index (κ3) is 4.58. The molecular weight excluding hydrogens is 463 g/mol. The molecule has 1 aliphatic heterocycles. The Morgan fingerprint density at radius 2 is 1.91 bits per heavy atom. The van der Waals surface area contributed by atoms with Gasteiger partial charge in [0.15, 0.2) is 5.82 Å². The minimum atomic E-state index is -0.218. The summed E-state index contributed by atoms with van der Waals surface area (Å²) in [6.45, 7) is 4.24. The highest BCUT2D eigenvalue weighted by atomic mass is 32.1. The van der Waals surface area contributed by atoms with E-state index in [1.807, 2.05) is 29.6 Å². The van der Waals surface area contributed by atoms with Gasteiger partial charge in [-0.2, -0.15) is 4.98 Å². The highest BCUT2D eigenvalue weighted by Crippen LogP contribution is 2.30. The molecule has 0 unspecified atom stereocenters. The molecule has 0 saturated carbocycles. The molecule has 4 heterocycles. The normalized spacial score (nSPS) is 14.1. The molecule has 178 valence electrons. The van der Waals surface area contributed by atoms with Crippen LogP contribution in [0.5, 0.6) is 0 Å². The number of hydrazine groups is 1. The fourth-order valence-electron chi connectivity index (χ4n) is 4.54. The first kappa shape index (κ1) is 22.0. The zero-order chi connectivity index (χ0) is 23.6. The van der Waals surface area contributed by atoms with E-state index in [0.717, 1.165) is 51.2 Å². The second-order valence-corrected chi connectivity index (χ2v) is 9.43. The molecule has 1 aliphatic rings. The number of thiophene rings is 1. The largest absolute Gasteiger partial charge is 0.378 e. The molecule has 0 radical (unpaired) electrons. The quantitative estimate of drug-likeness (QED) is 0.321. The van der Waals surface area contributed by atoms with Crippen molar-refractivity contribution in [1.82, 2.24) is 20.0 Å². The van der Waals surface area contributed by atoms with Crippen LogP contribution < -0.4 is 15.8 Å². The molecule has 6 rings (SSSR count). The first-order valence-electron chi connectivity index (χ1n) is 11.6. The molecule has 5 aromatic rings. The van der Waals surface area contributed by atoms with E-state index in [0.29, 0.717) is 32.3 Å². The summed E-state index contributed by atoms with van der Waals surface area (Å²) < 4.78 is 22.5. The van der Waals surface area contributed by atoms with Gasteiger partial charge in [-0.15, -0.1) is 11.3 Å². The minimum absolute atomic E-state index is 0.218. The number of anilines is 2. The van der Waals surface area contributed by atoms with Gasteiger partial charge in [0.1, 0.15) is 5.82 Å². The molecule has 3 aromatic heterocycles. The molecule has 0 bridgehead atoms. The van der Waals surface area contributed by atoms with Gasteiger partial charge in [-0.05, 0) is 40.8 Å². The number of nitrogens with one attached hydrogen (secondary N) is 2. The lowest BCUT2D eigenvalue weighted by atomic mass is 10.2. The summed E-state index contributed by atoms with van der Waals surface area (Å²) in [5.41, 5.74) is 10.6. The average Bonchev–Trinajstić information content (AvgIpc) is 3.49. The van der Waals surface area contributed by atoms with Gasteiger partial charge in [0.2, 0.25) is 5.95 Å². The predicted octanol–water partition coefficient (Wildman–Crippen LogP) is 4.79. The first-order chi connectivity index (χ1) is 17.2. The Labute approximate surface area is 206 Å². The van der Waals surface area contributed by atoms with Gasteiger partial charge in [0, 0.05) is 43.3 Å². The average molecular weight is 489 g/mol. The predicted molar refractivity (Wildman–Crippen MR) is 138 cm³/mol. The highest BCUT2D eigenvalue weighted by molar-refractivity contribution is 7.17. The van der Waals surface area contributed by atoms with Crippen molar-refractivity contribution in [3.8, 4) is 0 Å². The zero-order valence-electron chi connectivity index (χ0n) is 19.1. The Bertz CT molecular complexity index is 1480. The Morgan fingerprint density at radius 1 is 1.03 bits per heavy atom. The maximum atomic E-state index is 13.7. The van der Waals surface area contributed by atoms with Crippen LogP contribution >= 0.6 is 11.3 Å². The highest BCUT2D eigenvalue weighted by Gasteiger charge is 2.18. The van der Waals surface area contributed by atoms with Crippen molar-refractivity contribution in [2.45, 2.75) is 13.1 Å². The van der Waals surface area contributed by atoms with E-state index in [1.165, 1.54) is 6.07 Å². The Balaban J connectivity index is 1.22. The van der Waals surface area contributed by atoms with E-state index in [2.05, 4.69) is 43.6 Å². The lowest BCUT2D eigenvalue weighted by Gasteiger charge is -2.28. The van der Waals surface area contributed by atoms with Gasteiger partial charge < -0.3 is 14.2 Å². The minimum Gasteiger partial charge on any atom is -0.378 e. The Morgan fingerprint density at radius 3 is 2.80 bits per heavy atom. The number of rotatable bonds is 7. The van der Waals surface area contributed by atoms with Crippen molar-refractivity contribution in [2.75, 3.05) is 36.6 Å². The summed E-state index contributed by atoms with van der Waals surface area (Å²) in [6.07, 6.45) is 2.12. The van der Waals surface area contributed by atoms with Crippen LogP contribution in [-0.2, 0) is 17.8 Å². The zero-order valence-corrected chi connectivity index (χ0v) is 19.9. The summed E-state index contributed by atoms with van der Waals surface area (Å²) in [5.74, 6) is 1.27. The summed E-state index contributed by atoms with van der Waals surface area (Å²) in [7, 11) is 0. The fourth-order valence-corrected chi connectivity index (χ4v) is 5.39. The van der Waals surface area contributed by atoms with Crippen molar-refractivity contribution in [2.24, 2.45) is 0 Å². The molecule has 0 atom stereocenters. The van der Waals surface area contributed by atoms with E-state index in [4.69, 9.17) is 9.72 Å². The Kier molecular flexibility index (Phi) is 6.03. The van der Waals surface area contributed by atoms with Gasteiger partial charge in [-0.3, -0.25) is 5.43 Å². The van der Waals surface area contributed by atoms with Gasteiger partial charge in [0.25, 0.3) is 0 Å². The second-order valence-electron chi connectivity index (χ2n) is 8.51. The summed E-state index contributed by atoms with van der Waals surface area (Å²) >= 11 is 1.66. The number of aromatic nitrogens is 3. The molecule has 2 aromatic carbocycles. The standard InChI is InChI=1S/C26H25FN6OS/c27-20-5-3-4-18(14-20)16-33-17-19(21-6-1-2-7-23(21)33)15-28-31-26-29-22-8-13-35-24(22)25(30-26)32-9-11-34-12-10-32/h1-8,13-14,17,28H,9-12,15-16H2,(H,29,30,31). The third-order valence-corrected chi connectivity index (χ3v) is 7.09. The molecule has 35 heavy (non-hydrogen) atoms. The van der Waals surface area contributed by atoms with Crippen LogP contribution in [0, 0.1) is 5.82 Å². The molecule has 0 spiro atoms. The number of hydrogen-bond donors (Lipinski definition) is 2. The maximum Gasteiger partial charge on any atom is 0.239 e. The van der Waals surface area contributed by atoms with Crippen LogP contribution in [-0.4, -0.2) is 40.8 Å². The van der Waals surface area contributed by atoms with E-state index >= 15 is 0 Å². The van der Waals surface area contributed by atoms with Crippen LogP contribution in [0.4, 0.5) is 16.2 Å². The molecular formula is C26H25FN6OS. The Hall–Kier alpha value is -3.53. The number of nitrogens with zero attached hydrogens (tertiary/aromatic N) is 4. The monoisotopic (exact) mass is 488 g/mol. The van der Waals surface area contributed by atoms with Crippen LogP contribution in [0.25, 0.3) is 21.1 Å². The van der Waals surface area contributed by atoms with Gasteiger partial charge >= 0.3 is 0 Å². The van der Waals surface area contributed by atoms with Crippen molar-refractivity contribution in [3.63, 3.8) is 0 Å². The van der Waals surface area contributed by atoms with E-state index < -0.39 is 0 Å². The molecule has 1 saturated heterocycles.